The first-order valence-electron chi connectivity index (χ1n) is 9.27. The SMILES string of the molecule is CSc1cccc(NC(=O)C(=O)NCC2(N3CCOCC3)CCSCC2)c1. The van der Waals surface area contributed by atoms with Gasteiger partial charge in [0.1, 0.15) is 0 Å². The number of carbonyl (C=O) groups is 2. The fourth-order valence-electron chi connectivity index (χ4n) is 3.61. The molecule has 0 bridgehead atoms. The zero-order valence-electron chi connectivity index (χ0n) is 15.7. The molecule has 0 spiro atoms. The van der Waals surface area contributed by atoms with Crippen LogP contribution in [0.1, 0.15) is 12.8 Å². The molecular weight excluding hydrogens is 382 g/mol. The molecule has 0 unspecified atom stereocenters. The number of nitrogens with one attached hydrogen (secondary N) is 2. The molecule has 2 N–H and O–H groups in total. The van der Waals surface area contributed by atoms with Crippen LogP contribution in [0.4, 0.5) is 5.69 Å². The average molecular weight is 410 g/mol. The number of morpholine rings is 1. The maximum absolute atomic E-state index is 12.4. The lowest BCUT2D eigenvalue weighted by Gasteiger charge is -2.47. The van der Waals surface area contributed by atoms with Gasteiger partial charge in [-0.2, -0.15) is 11.8 Å². The van der Waals surface area contributed by atoms with Crippen LogP contribution in [0.5, 0.6) is 0 Å². The van der Waals surface area contributed by atoms with Gasteiger partial charge in [-0.05, 0) is 48.8 Å². The van der Waals surface area contributed by atoms with E-state index in [9.17, 15) is 9.59 Å². The fourth-order valence-corrected chi connectivity index (χ4v) is 5.32. The van der Waals surface area contributed by atoms with E-state index in [2.05, 4.69) is 15.5 Å². The molecule has 1 aromatic rings. The summed E-state index contributed by atoms with van der Waals surface area (Å²) in [5, 5.41) is 5.59. The normalized spacial score (nSPS) is 20.0. The van der Waals surface area contributed by atoms with Crippen LogP contribution >= 0.6 is 23.5 Å². The summed E-state index contributed by atoms with van der Waals surface area (Å²) in [6.07, 6.45) is 4.02. The molecule has 6 nitrogen and oxygen atoms in total. The van der Waals surface area contributed by atoms with E-state index in [4.69, 9.17) is 4.74 Å². The van der Waals surface area contributed by atoms with Gasteiger partial charge in [0.05, 0.1) is 13.2 Å². The van der Waals surface area contributed by atoms with Gasteiger partial charge in [-0.1, -0.05) is 6.07 Å². The van der Waals surface area contributed by atoms with Gasteiger partial charge in [-0.15, -0.1) is 11.8 Å². The van der Waals surface area contributed by atoms with Gasteiger partial charge in [0.2, 0.25) is 0 Å². The number of hydrogen-bond donors (Lipinski definition) is 2. The number of rotatable bonds is 5. The number of benzene rings is 1. The van der Waals surface area contributed by atoms with Crippen LogP contribution in [0.15, 0.2) is 29.2 Å². The van der Waals surface area contributed by atoms with Gasteiger partial charge in [0.25, 0.3) is 0 Å². The molecule has 2 saturated heterocycles. The summed E-state index contributed by atoms with van der Waals surface area (Å²) in [6, 6.07) is 7.49. The second-order valence-corrected chi connectivity index (χ2v) is 8.91. The lowest BCUT2D eigenvalue weighted by Crippen LogP contribution is -2.61. The van der Waals surface area contributed by atoms with Gasteiger partial charge in [-0.25, -0.2) is 0 Å². The monoisotopic (exact) mass is 409 g/mol. The van der Waals surface area contributed by atoms with Crippen molar-refractivity contribution in [2.45, 2.75) is 23.3 Å². The Labute approximate surface area is 169 Å². The van der Waals surface area contributed by atoms with E-state index in [1.807, 2.05) is 36.2 Å². The van der Waals surface area contributed by atoms with Crippen LogP contribution in [-0.4, -0.2) is 72.9 Å². The summed E-state index contributed by atoms with van der Waals surface area (Å²) in [4.78, 5) is 28.2. The van der Waals surface area contributed by atoms with Crippen LogP contribution < -0.4 is 10.6 Å². The van der Waals surface area contributed by atoms with Crippen molar-refractivity contribution in [3.05, 3.63) is 24.3 Å². The number of nitrogens with zero attached hydrogens (tertiary/aromatic N) is 1. The largest absolute Gasteiger partial charge is 0.379 e. The van der Waals surface area contributed by atoms with Gasteiger partial charge < -0.3 is 15.4 Å². The highest BCUT2D eigenvalue weighted by molar-refractivity contribution is 7.99. The Bertz CT molecular complexity index is 659. The van der Waals surface area contributed by atoms with E-state index in [1.165, 1.54) is 0 Å². The molecule has 0 aliphatic carbocycles. The van der Waals surface area contributed by atoms with E-state index in [0.717, 1.165) is 55.5 Å². The molecule has 148 valence electrons. The molecule has 0 aromatic heterocycles. The van der Waals surface area contributed by atoms with Crippen molar-refractivity contribution in [2.75, 3.05) is 55.9 Å². The van der Waals surface area contributed by atoms with Crippen molar-refractivity contribution in [3.63, 3.8) is 0 Å². The molecule has 1 aromatic carbocycles. The molecule has 2 heterocycles. The Balaban J connectivity index is 1.58. The summed E-state index contributed by atoms with van der Waals surface area (Å²) in [5.74, 6) is 0.980. The third kappa shape index (κ3) is 5.40. The number of ether oxygens (including phenoxy) is 1. The lowest BCUT2D eigenvalue weighted by atomic mass is 9.89. The van der Waals surface area contributed by atoms with E-state index < -0.39 is 11.8 Å². The predicted molar refractivity (Wildman–Crippen MR) is 112 cm³/mol. The minimum Gasteiger partial charge on any atom is -0.379 e. The Kier molecular flexibility index (Phi) is 7.46. The molecule has 2 aliphatic heterocycles. The molecule has 27 heavy (non-hydrogen) atoms. The zero-order valence-corrected chi connectivity index (χ0v) is 17.3. The third-order valence-corrected chi connectivity index (χ3v) is 6.93. The summed E-state index contributed by atoms with van der Waals surface area (Å²) in [6.45, 7) is 3.73. The third-order valence-electron chi connectivity index (χ3n) is 5.22. The lowest BCUT2D eigenvalue weighted by molar-refractivity contribution is -0.136. The standard InChI is InChI=1S/C19H27N3O3S2/c1-26-16-4-2-3-15(13-16)21-18(24)17(23)20-14-19(5-11-27-12-6-19)22-7-9-25-10-8-22/h2-4,13H,5-12,14H2,1H3,(H,20,23)(H,21,24). The second-order valence-electron chi connectivity index (χ2n) is 6.80. The number of anilines is 1. The van der Waals surface area contributed by atoms with Crippen LogP contribution in [0, 0.1) is 0 Å². The Morgan fingerprint density at radius 1 is 1.22 bits per heavy atom. The summed E-state index contributed by atoms with van der Waals surface area (Å²) in [5.41, 5.74) is 0.572. The number of amides is 2. The Hall–Kier alpha value is -1.22. The van der Waals surface area contributed by atoms with Crippen LogP contribution in [0.2, 0.25) is 0 Å². The number of thioether (sulfide) groups is 2. The Morgan fingerprint density at radius 2 is 1.96 bits per heavy atom. The maximum Gasteiger partial charge on any atom is 0.313 e. The molecular formula is C19H27N3O3S2. The van der Waals surface area contributed by atoms with Gasteiger partial charge in [-0.3, -0.25) is 14.5 Å². The molecule has 2 amide bonds. The average Bonchev–Trinajstić information content (AvgIpc) is 2.73. The van der Waals surface area contributed by atoms with Gasteiger partial charge in [0.15, 0.2) is 0 Å². The van der Waals surface area contributed by atoms with Crippen molar-refractivity contribution < 1.29 is 14.3 Å². The van der Waals surface area contributed by atoms with Crippen molar-refractivity contribution >= 4 is 41.0 Å². The first-order valence-corrected chi connectivity index (χ1v) is 11.6. The predicted octanol–water partition coefficient (Wildman–Crippen LogP) is 2.06. The van der Waals surface area contributed by atoms with Gasteiger partial charge in [0, 0.05) is 35.8 Å². The highest BCUT2D eigenvalue weighted by Crippen LogP contribution is 2.32. The number of carbonyl (C=O) groups excluding carboxylic acids is 2. The molecule has 2 fully saturated rings. The van der Waals surface area contributed by atoms with Crippen molar-refractivity contribution in [2.24, 2.45) is 0 Å². The van der Waals surface area contributed by atoms with Crippen LogP contribution in [0.25, 0.3) is 0 Å². The molecule has 0 radical (unpaired) electrons. The molecule has 2 aliphatic rings. The van der Waals surface area contributed by atoms with E-state index in [-0.39, 0.29) is 5.54 Å². The van der Waals surface area contributed by atoms with Gasteiger partial charge >= 0.3 is 11.8 Å². The maximum atomic E-state index is 12.4. The zero-order chi connectivity index (χ0) is 19.1. The first-order chi connectivity index (χ1) is 13.1. The van der Waals surface area contributed by atoms with Crippen LogP contribution in [0.3, 0.4) is 0 Å². The molecule has 3 rings (SSSR count). The smallest absolute Gasteiger partial charge is 0.313 e. The quantitative estimate of drug-likeness (QED) is 0.573. The Morgan fingerprint density at radius 3 is 2.67 bits per heavy atom. The summed E-state index contributed by atoms with van der Waals surface area (Å²) >= 11 is 3.55. The minimum atomic E-state index is -0.615. The minimum absolute atomic E-state index is 0.0657. The van der Waals surface area contributed by atoms with E-state index in [0.29, 0.717) is 12.2 Å². The summed E-state index contributed by atoms with van der Waals surface area (Å²) in [7, 11) is 0. The van der Waals surface area contributed by atoms with Crippen molar-refractivity contribution in [3.8, 4) is 0 Å². The summed E-state index contributed by atoms with van der Waals surface area (Å²) < 4.78 is 5.48. The van der Waals surface area contributed by atoms with E-state index in [1.54, 1.807) is 17.8 Å². The van der Waals surface area contributed by atoms with Crippen molar-refractivity contribution in [1.29, 1.82) is 0 Å². The topological polar surface area (TPSA) is 70.7 Å². The molecule has 0 atom stereocenters. The molecule has 8 heteroatoms. The first kappa shape index (κ1) is 20.5. The fraction of sp³-hybridized carbons (Fsp3) is 0.579. The highest BCUT2D eigenvalue weighted by atomic mass is 32.2. The van der Waals surface area contributed by atoms with Crippen molar-refractivity contribution in [1.82, 2.24) is 10.2 Å². The van der Waals surface area contributed by atoms with Crippen LogP contribution in [-0.2, 0) is 14.3 Å². The molecule has 0 saturated carbocycles. The highest BCUT2D eigenvalue weighted by Gasteiger charge is 2.39. The second kappa shape index (κ2) is 9.82. The number of hydrogen-bond acceptors (Lipinski definition) is 6. The van der Waals surface area contributed by atoms with E-state index >= 15 is 0 Å².